The van der Waals surface area contributed by atoms with E-state index in [1.165, 1.54) is 0 Å². The van der Waals surface area contributed by atoms with Crippen molar-refractivity contribution in [1.29, 1.82) is 0 Å². The first-order valence-corrected chi connectivity index (χ1v) is 10.6. The molecule has 0 bridgehead atoms. The lowest BCUT2D eigenvalue weighted by molar-refractivity contribution is -1.11. The maximum atomic E-state index is 13.1. The van der Waals surface area contributed by atoms with Crippen LogP contribution >= 0.6 is 0 Å². The fraction of sp³-hybridized carbons (Fsp3) is 0.571. The van der Waals surface area contributed by atoms with Gasteiger partial charge in [-0.05, 0) is 25.3 Å². The van der Waals surface area contributed by atoms with E-state index in [-0.39, 0.29) is 23.3 Å². The van der Waals surface area contributed by atoms with Gasteiger partial charge in [0.15, 0.2) is 0 Å². The summed E-state index contributed by atoms with van der Waals surface area (Å²) in [4.78, 5) is 28.8. The highest BCUT2D eigenvalue weighted by molar-refractivity contribution is 6.04. The van der Waals surface area contributed by atoms with Crippen molar-refractivity contribution in [3.63, 3.8) is 0 Å². The lowest BCUT2D eigenvalue weighted by Crippen LogP contribution is -2.62. The summed E-state index contributed by atoms with van der Waals surface area (Å²) in [5, 5.41) is 5.27. The average molecular weight is 439 g/mol. The molecule has 168 valence electrons. The van der Waals surface area contributed by atoms with Crippen molar-refractivity contribution in [2.24, 2.45) is 5.73 Å². The van der Waals surface area contributed by atoms with Crippen molar-refractivity contribution in [2.75, 3.05) is 13.1 Å². The Morgan fingerprint density at radius 3 is 2.55 bits per heavy atom. The molecular formula is C21H26F3N4O3+. The molecule has 31 heavy (non-hydrogen) atoms. The summed E-state index contributed by atoms with van der Waals surface area (Å²) in [7, 11) is 0. The first-order chi connectivity index (χ1) is 14.7. The Kier molecular flexibility index (Phi) is 5.67. The molecule has 0 spiro atoms. The molecule has 2 fully saturated rings. The zero-order valence-corrected chi connectivity index (χ0v) is 17.1. The van der Waals surface area contributed by atoms with Gasteiger partial charge in [-0.1, -0.05) is 18.6 Å². The number of benzene rings is 1. The molecule has 0 radical (unpaired) electrons. The minimum atomic E-state index is -5.04. The predicted molar refractivity (Wildman–Crippen MR) is 106 cm³/mol. The number of aromatic nitrogens is 2. The zero-order chi connectivity index (χ0) is 22.2. The highest BCUT2D eigenvalue weighted by Gasteiger charge is 2.53. The smallest absolute Gasteiger partial charge is 0.366 e. The number of amides is 1. The third kappa shape index (κ3) is 4.26. The molecule has 1 amide bonds. The number of hydrogen-bond donors (Lipinski definition) is 1. The maximum absolute atomic E-state index is 13.1. The molecule has 1 aromatic heterocycles. The fourth-order valence-electron chi connectivity index (χ4n) is 5.06. The summed E-state index contributed by atoms with van der Waals surface area (Å²) in [6, 6.07) is 4.69. The van der Waals surface area contributed by atoms with E-state index in [1.54, 1.807) is 29.1 Å². The lowest BCUT2D eigenvalue weighted by Gasteiger charge is -2.46. The van der Waals surface area contributed by atoms with Crippen molar-refractivity contribution in [3.8, 4) is 0 Å². The normalized spacial score (nSPS) is 25.5. The minimum absolute atomic E-state index is 0.158. The average Bonchev–Trinajstić information content (AvgIpc) is 3.18. The third-order valence-electron chi connectivity index (χ3n) is 6.52. The Balaban J connectivity index is 1.67. The largest absolute Gasteiger partial charge is 0.497 e. The van der Waals surface area contributed by atoms with Crippen molar-refractivity contribution in [2.45, 2.75) is 63.2 Å². The second-order valence-electron chi connectivity index (χ2n) is 8.54. The summed E-state index contributed by atoms with van der Waals surface area (Å²) in [5.41, 5.74) is 6.21. The monoisotopic (exact) mass is 439 g/mol. The summed E-state index contributed by atoms with van der Waals surface area (Å²) in [5.74, 6) is -2.73. The van der Waals surface area contributed by atoms with E-state index in [1.807, 2.05) is 0 Å². The number of nitrogens with zero attached hydrogens (tertiary/aromatic N) is 3. The van der Waals surface area contributed by atoms with Crippen LogP contribution in [0, 0.1) is 0 Å². The Bertz CT molecular complexity index is 984. The van der Waals surface area contributed by atoms with Crippen LogP contribution in [0.5, 0.6) is 0 Å². The summed E-state index contributed by atoms with van der Waals surface area (Å²) in [6.07, 6.45) is 2.34. The SMILES string of the molecule is NC(=O)c1cccc2cn(C3CCC[N+](OC(=O)C(F)(F)F)(C4CCCCC4)C3)nc12. The van der Waals surface area contributed by atoms with Crippen LogP contribution in [0.4, 0.5) is 13.2 Å². The molecule has 4 rings (SSSR count). The van der Waals surface area contributed by atoms with Gasteiger partial charge in [0.25, 0.3) is 5.91 Å². The minimum Gasteiger partial charge on any atom is -0.366 e. The van der Waals surface area contributed by atoms with Gasteiger partial charge < -0.3 is 5.73 Å². The number of quaternary nitrogens is 1. The number of hydroxylamine groups is 3. The second kappa shape index (κ2) is 8.14. The number of likely N-dealkylation sites (tertiary alicyclic amines) is 1. The van der Waals surface area contributed by atoms with Gasteiger partial charge in [0.2, 0.25) is 0 Å². The van der Waals surface area contributed by atoms with E-state index in [2.05, 4.69) is 5.10 Å². The quantitative estimate of drug-likeness (QED) is 0.737. The molecule has 2 heterocycles. The molecule has 2 atom stereocenters. The Labute approximate surface area is 177 Å². The molecule has 7 nitrogen and oxygen atoms in total. The predicted octanol–water partition coefficient (Wildman–Crippen LogP) is 3.64. The number of fused-ring (bicyclic) bond motifs is 1. The molecule has 2 unspecified atom stereocenters. The Morgan fingerprint density at radius 1 is 1.13 bits per heavy atom. The number of piperidine rings is 1. The molecule has 1 saturated carbocycles. The van der Waals surface area contributed by atoms with E-state index in [4.69, 9.17) is 10.6 Å². The Hall–Kier alpha value is -2.62. The number of carbonyl (C=O) groups excluding carboxylic acids is 2. The number of rotatable bonds is 4. The molecule has 1 aliphatic carbocycles. The van der Waals surface area contributed by atoms with E-state index < -0.39 is 18.1 Å². The summed E-state index contributed by atoms with van der Waals surface area (Å²) in [6.45, 7) is 0.572. The van der Waals surface area contributed by atoms with E-state index >= 15 is 0 Å². The van der Waals surface area contributed by atoms with Crippen molar-refractivity contribution in [3.05, 3.63) is 30.0 Å². The van der Waals surface area contributed by atoms with Crippen LogP contribution in [0.3, 0.4) is 0 Å². The highest BCUT2D eigenvalue weighted by Crippen LogP contribution is 2.38. The topological polar surface area (TPSA) is 87.2 Å². The van der Waals surface area contributed by atoms with Gasteiger partial charge in [-0.25, -0.2) is 4.79 Å². The van der Waals surface area contributed by atoms with Crippen LogP contribution in [0.15, 0.2) is 24.4 Å². The van der Waals surface area contributed by atoms with Crippen LogP contribution in [0.2, 0.25) is 0 Å². The maximum Gasteiger partial charge on any atom is 0.497 e. The number of primary amides is 1. The van der Waals surface area contributed by atoms with Gasteiger partial charge in [-0.2, -0.15) is 18.3 Å². The van der Waals surface area contributed by atoms with Gasteiger partial charge in [-0.3, -0.25) is 14.3 Å². The van der Waals surface area contributed by atoms with Gasteiger partial charge in [0.05, 0.1) is 5.56 Å². The van der Waals surface area contributed by atoms with Crippen LogP contribution in [-0.4, -0.2) is 51.6 Å². The van der Waals surface area contributed by atoms with E-state index in [0.29, 0.717) is 30.5 Å². The third-order valence-corrected chi connectivity index (χ3v) is 6.52. The second-order valence-corrected chi connectivity index (χ2v) is 8.54. The molecule has 2 aliphatic rings. The molecule has 1 aliphatic heterocycles. The van der Waals surface area contributed by atoms with Crippen LogP contribution in [0.25, 0.3) is 10.9 Å². The van der Waals surface area contributed by atoms with Crippen LogP contribution < -0.4 is 5.73 Å². The van der Waals surface area contributed by atoms with Crippen molar-refractivity contribution < 1.29 is 32.2 Å². The van der Waals surface area contributed by atoms with E-state index in [9.17, 15) is 22.8 Å². The van der Waals surface area contributed by atoms with Gasteiger partial charge >= 0.3 is 12.1 Å². The first kappa shape index (κ1) is 21.6. The number of nitrogens with two attached hydrogens (primary N) is 1. The molecule has 1 aromatic carbocycles. The fourth-order valence-corrected chi connectivity index (χ4v) is 5.06. The summed E-state index contributed by atoms with van der Waals surface area (Å²) >= 11 is 0. The molecule has 1 saturated heterocycles. The van der Waals surface area contributed by atoms with Crippen molar-refractivity contribution in [1.82, 2.24) is 9.78 Å². The molecule has 10 heteroatoms. The van der Waals surface area contributed by atoms with Crippen LogP contribution in [0.1, 0.15) is 61.3 Å². The molecule has 2 N–H and O–H groups in total. The first-order valence-electron chi connectivity index (χ1n) is 10.6. The van der Waals surface area contributed by atoms with Crippen LogP contribution in [-0.2, 0) is 9.63 Å². The Morgan fingerprint density at radius 2 is 1.87 bits per heavy atom. The molecule has 2 aromatic rings. The van der Waals surface area contributed by atoms with Gasteiger partial charge in [0.1, 0.15) is 30.7 Å². The number of halogens is 3. The lowest BCUT2D eigenvalue weighted by atomic mass is 9.91. The van der Waals surface area contributed by atoms with Gasteiger partial charge in [-0.15, -0.1) is 4.65 Å². The number of alkyl halides is 3. The molecular weight excluding hydrogens is 413 g/mol. The summed E-state index contributed by atoms with van der Waals surface area (Å²) < 4.78 is 40.6. The van der Waals surface area contributed by atoms with Gasteiger partial charge in [0, 0.05) is 30.8 Å². The van der Waals surface area contributed by atoms with E-state index in [0.717, 1.165) is 37.5 Å². The highest BCUT2D eigenvalue weighted by atomic mass is 19.4. The number of hydrogen-bond acceptors (Lipinski definition) is 4. The standard InChI is InChI=1S/C21H25F3N4O3/c22-21(23,24)20(30)31-28(16-8-2-1-3-9-16)11-5-7-15(13-28)27-12-14-6-4-10-17(19(25)29)18(14)26-27/h4,6,10,12,15-16H,1-3,5,7-9,11,13H2,(H-,25,29)/p+1. The van der Waals surface area contributed by atoms with Crippen molar-refractivity contribution >= 4 is 22.8 Å². The number of carbonyl (C=O) groups is 2. The zero-order valence-electron chi connectivity index (χ0n) is 17.1.